The fourth-order valence-electron chi connectivity index (χ4n) is 1.76. The molecule has 0 aliphatic carbocycles. The number of carbonyl (C=O) groups is 1. The molecule has 116 valence electrons. The number of anilines is 1. The molecular formula is C14H14N2O6. The van der Waals surface area contributed by atoms with Gasteiger partial charge in [0.2, 0.25) is 0 Å². The Morgan fingerprint density at radius 2 is 2.09 bits per heavy atom. The van der Waals surface area contributed by atoms with Crippen LogP contribution in [0.5, 0.6) is 11.5 Å². The third-order valence-corrected chi connectivity index (χ3v) is 2.72. The van der Waals surface area contributed by atoms with E-state index in [2.05, 4.69) is 5.32 Å². The van der Waals surface area contributed by atoms with Crippen LogP contribution in [0, 0.1) is 10.1 Å². The van der Waals surface area contributed by atoms with Gasteiger partial charge in [0, 0.05) is 11.8 Å². The maximum atomic E-state index is 12.0. The number of nitro groups is 1. The molecule has 0 aliphatic heterocycles. The summed E-state index contributed by atoms with van der Waals surface area (Å²) in [4.78, 5) is 21.8. The van der Waals surface area contributed by atoms with Crippen molar-refractivity contribution in [2.45, 2.75) is 6.92 Å². The molecule has 0 saturated heterocycles. The van der Waals surface area contributed by atoms with E-state index in [1.807, 2.05) is 6.92 Å². The van der Waals surface area contributed by atoms with Gasteiger partial charge in [0.1, 0.15) is 4.92 Å². The summed E-state index contributed by atoms with van der Waals surface area (Å²) in [6.45, 7) is 2.33. The second kappa shape index (κ2) is 6.61. The van der Waals surface area contributed by atoms with Gasteiger partial charge in [-0.1, -0.05) is 0 Å². The van der Waals surface area contributed by atoms with Gasteiger partial charge in [-0.15, -0.1) is 0 Å². The molecule has 1 aromatic carbocycles. The summed E-state index contributed by atoms with van der Waals surface area (Å²) in [5.74, 6) is -0.227. The van der Waals surface area contributed by atoms with Crippen LogP contribution in [0.1, 0.15) is 17.5 Å². The lowest BCUT2D eigenvalue weighted by atomic mass is 10.2. The van der Waals surface area contributed by atoms with E-state index in [9.17, 15) is 14.9 Å². The van der Waals surface area contributed by atoms with Crippen LogP contribution in [-0.2, 0) is 0 Å². The number of methoxy groups -OCH3 is 1. The maximum absolute atomic E-state index is 12.0. The van der Waals surface area contributed by atoms with Crippen LogP contribution in [-0.4, -0.2) is 24.5 Å². The van der Waals surface area contributed by atoms with Crippen molar-refractivity contribution in [3.8, 4) is 11.5 Å². The molecular weight excluding hydrogens is 292 g/mol. The molecule has 1 amide bonds. The van der Waals surface area contributed by atoms with Gasteiger partial charge in [-0.3, -0.25) is 14.9 Å². The highest BCUT2D eigenvalue weighted by Crippen LogP contribution is 2.30. The summed E-state index contributed by atoms with van der Waals surface area (Å²) < 4.78 is 15.4. The van der Waals surface area contributed by atoms with Crippen molar-refractivity contribution in [1.82, 2.24) is 0 Å². The molecule has 2 rings (SSSR count). The van der Waals surface area contributed by atoms with Crippen molar-refractivity contribution < 1.29 is 23.6 Å². The highest BCUT2D eigenvalue weighted by Gasteiger charge is 2.17. The van der Waals surface area contributed by atoms with Gasteiger partial charge in [-0.05, 0) is 25.1 Å². The first-order chi connectivity index (χ1) is 10.5. The lowest BCUT2D eigenvalue weighted by Gasteiger charge is -2.11. The molecule has 0 unspecified atom stereocenters. The number of rotatable bonds is 6. The molecule has 0 bridgehead atoms. The first-order valence-electron chi connectivity index (χ1n) is 6.41. The van der Waals surface area contributed by atoms with Crippen molar-refractivity contribution in [3.63, 3.8) is 0 Å². The molecule has 0 radical (unpaired) electrons. The maximum Gasteiger partial charge on any atom is 0.433 e. The first-order valence-corrected chi connectivity index (χ1v) is 6.41. The van der Waals surface area contributed by atoms with Crippen molar-refractivity contribution in [2.24, 2.45) is 0 Å². The number of hydrogen-bond donors (Lipinski definition) is 1. The molecule has 0 aliphatic rings. The quantitative estimate of drug-likeness (QED) is 0.650. The average molecular weight is 306 g/mol. The second-order valence-electron chi connectivity index (χ2n) is 4.15. The van der Waals surface area contributed by atoms with E-state index >= 15 is 0 Å². The van der Waals surface area contributed by atoms with E-state index in [1.54, 1.807) is 18.2 Å². The molecule has 0 saturated carbocycles. The summed E-state index contributed by atoms with van der Waals surface area (Å²) in [5, 5.41) is 13.1. The Morgan fingerprint density at radius 3 is 2.68 bits per heavy atom. The predicted octanol–water partition coefficient (Wildman–Crippen LogP) is 2.85. The second-order valence-corrected chi connectivity index (χ2v) is 4.15. The van der Waals surface area contributed by atoms with Crippen LogP contribution < -0.4 is 14.8 Å². The van der Waals surface area contributed by atoms with Gasteiger partial charge in [0.25, 0.3) is 5.91 Å². The van der Waals surface area contributed by atoms with E-state index in [4.69, 9.17) is 13.9 Å². The highest BCUT2D eigenvalue weighted by atomic mass is 16.6. The Kier molecular flexibility index (Phi) is 4.62. The molecule has 1 N–H and O–H groups in total. The van der Waals surface area contributed by atoms with Crippen molar-refractivity contribution >= 4 is 17.5 Å². The summed E-state index contributed by atoms with van der Waals surface area (Å²) in [6.07, 6.45) is 0. The number of nitrogens with zero attached hydrogens (tertiary/aromatic N) is 1. The first kappa shape index (κ1) is 15.4. The zero-order valence-electron chi connectivity index (χ0n) is 12.0. The number of ether oxygens (including phenoxy) is 2. The van der Waals surface area contributed by atoms with Crippen LogP contribution in [0.4, 0.5) is 11.6 Å². The Labute approximate surface area is 125 Å². The van der Waals surface area contributed by atoms with E-state index in [1.165, 1.54) is 13.2 Å². The van der Waals surface area contributed by atoms with Gasteiger partial charge in [-0.2, -0.15) is 0 Å². The van der Waals surface area contributed by atoms with Crippen LogP contribution in [0.25, 0.3) is 0 Å². The minimum Gasteiger partial charge on any atom is -0.493 e. The minimum absolute atomic E-state index is 0.153. The van der Waals surface area contributed by atoms with Gasteiger partial charge >= 0.3 is 5.88 Å². The number of hydrogen-bond acceptors (Lipinski definition) is 6. The Balaban J connectivity index is 2.15. The fourth-order valence-corrected chi connectivity index (χ4v) is 1.76. The van der Waals surface area contributed by atoms with Crippen molar-refractivity contribution in [3.05, 3.63) is 46.2 Å². The van der Waals surface area contributed by atoms with Crippen LogP contribution in [0.2, 0.25) is 0 Å². The lowest BCUT2D eigenvalue weighted by Crippen LogP contribution is -2.11. The number of nitrogens with one attached hydrogen (secondary N) is 1. The van der Waals surface area contributed by atoms with E-state index in [0.717, 1.165) is 6.07 Å². The van der Waals surface area contributed by atoms with Crippen molar-refractivity contribution in [2.75, 3.05) is 19.0 Å². The predicted molar refractivity (Wildman–Crippen MR) is 77.5 cm³/mol. The number of benzene rings is 1. The monoisotopic (exact) mass is 306 g/mol. The standard InChI is InChI=1S/C14H14N2O6/c1-3-21-10-5-4-9(8-12(10)20-2)15-14(17)11-6-7-13(22-11)16(18)19/h4-8H,3H2,1-2H3,(H,15,17). The Morgan fingerprint density at radius 1 is 1.32 bits per heavy atom. The molecule has 0 fully saturated rings. The topological polar surface area (TPSA) is 104 Å². The minimum atomic E-state index is -0.712. The summed E-state index contributed by atoms with van der Waals surface area (Å²) in [5.41, 5.74) is 0.448. The van der Waals surface area contributed by atoms with Gasteiger partial charge in [0.05, 0.1) is 19.8 Å². The largest absolute Gasteiger partial charge is 0.493 e. The smallest absolute Gasteiger partial charge is 0.433 e. The van der Waals surface area contributed by atoms with Gasteiger partial charge < -0.3 is 19.2 Å². The number of carbonyl (C=O) groups excluding carboxylic acids is 1. The lowest BCUT2D eigenvalue weighted by molar-refractivity contribution is -0.402. The summed E-state index contributed by atoms with van der Waals surface area (Å²) in [7, 11) is 1.49. The average Bonchev–Trinajstić information content (AvgIpc) is 2.99. The number of furan rings is 1. The molecule has 0 spiro atoms. The molecule has 0 atom stereocenters. The molecule has 8 heteroatoms. The normalized spacial score (nSPS) is 10.1. The third-order valence-electron chi connectivity index (χ3n) is 2.72. The summed E-state index contributed by atoms with van der Waals surface area (Å²) in [6, 6.07) is 7.22. The zero-order valence-corrected chi connectivity index (χ0v) is 12.0. The van der Waals surface area contributed by atoms with Gasteiger partial charge in [-0.25, -0.2) is 0 Å². The number of amides is 1. The molecule has 1 heterocycles. The van der Waals surface area contributed by atoms with Crippen LogP contribution in [0.15, 0.2) is 34.7 Å². The fraction of sp³-hybridized carbons (Fsp3) is 0.214. The summed E-state index contributed by atoms with van der Waals surface area (Å²) >= 11 is 0. The molecule has 2 aromatic rings. The van der Waals surface area contributed by atoms with E-state index in [0.29, 0.717) is 23.8 Å². The van der Waals surface area contributed by atoms with Crippen molar-refractivity contribution in [1.29, 1.82) is 0 Å². The van der Waals surface area contributed by atoms with Gasteiger partial charge in [0.15, 0.2) is 17.3 Å². The molecule has 22 heavy (non-hydrogen) atoms. The van der Waals surface area contributed by atoms with Crippen LogP contribution in [0.3, 0.4) is 0 Å². The third kappa shape index (κ3) is 3.35. The Hall–Kier alpha value is -3.03. The Bertz CT molecular complexity index is 694. The molecule has 8 nitrogen and oxygen atoms in total. The highest BCUT2D eigenvalue weighted by molar-refractivity contribution is 6.02. The van der Waals surface area contributed by atoms with E-state index < -0.39 is 16.7 Å². The zero-order chi connectivity index (χ0) is 16.1. The SMILES string of the molecule is CCOc1ccc(NC(=O)c2ccc([N+](=O)[O-])o2)cc1OC. The molecule has 1 aromatic heterocycles. The van der Waals surface area contributed by atoms with Crippen LogP contribution >= 0.6 is 0 Å². The van der Waals surface area contributed by atoms with E-state index in [-0.39, 0.29) is 5.76 Å².